The van der Waals surface area contributed by atoms with E-state index in [9.17, 15) is 4.79 Å². The molecule has 1 fully saturated rings. The predicted molar refractivity (Wildman–Crippen MR) is 109 cm³/mol. The number of ether oxygens (including phenoxy) is 2. The molecule has 0 radical (unpaired) electrons. The molecule has 3 heterocycles. The monoisotopic (exact) mass is 416 g/mol. The van der Waals surface area contributed by atoms with Crippen LogP contribution in [0.4, 0.5) is 11.5 Å². The molecule has 1 atom stereocenters. The highest BCUT2D eigenvalue weighted by atomic mass is 35.5. The van der Waals surface area contributed by atoms with Crippen molar-refractivity contribution >= 4 is 39.9 Å². The zero-order valence-electron chi connectivity index (χ0n) is 16.1. The number of nitrogens with zero attached hydrogens (tertiary/aromatic N) is 3. The number of nitrogens with one attached hydrogen (secondary N) is 1. The summed E-state index contributed by atoms with van der Waals surface area (Å²) in [7, 11) is 3.15. The first kappa shape index (κ1) is 19.5. The van der Waals surface area contributed by atoms with E-state index in [1.54, 1.807) is 25.4 Å². The van der Waals surface area contributed by atoms with Gasteiger partial charge in [0.15, 0.2) is 5.75 Å². The summed E-state index contributed by atoms with van der Waals surface area (Å²) in [6, 6.07) is 7.40. The molecule has 8 nitrogen and oxygen atoms in total. The van der Waals surface area contributed by atoms with Crippen LogP contribution in [0.2, 0.25) is 5.28 Å². The van der Waals surface area contributed by atoms with E-state index in [1.807, 2.05) is 24.3 Å². The summed E-state index contributed by atoms with van der Waals surface area (Å²) in [5, 5.41) is 4.04. The lowest BCUT2D eigenvalue weighted by atomic mass is 10.1. The number of rotatable bonds is 7. The van der Waals surface area contributed by atoms with Gasteiger partial charge in [-0.2, -0.15) is 0 Å². The van der Waals surface area contributed by atoms with Gasteiger partial charge in [0.2, 0.25) is 11.2 Å². The van der Waals surface area contributed by atoms with Crippen LogP contribution in [-0.4, -0.2) is 43.2 Å². The summed E-state index contributed by atoms with van der Waals surface area (Å²) < 4.78 is 16.2. The Labute approximate surface area is 172 Å². The number of halogens is 1. The summed E-state index contributed by atoms with van der Waals surface area (Å²) in [6.07, 6.45) is 2.34. The van der Waals surface area contributed by atoms with Crippen LogP contribution in [0.15, 0.2) is 34.9 Å². The molecule has 9 heteroatoms. The Kier molecular flexibility index (Phi) is 5.55. The lowest BCUT2D eigenvalue weighted by Gasteiger charge is -2.21. The molecule has 4 rings (SSSR count). The maximum atomic E-state index is 12.8. The van der Waals surface area contributed by atoms with E-state index < -0.39 is 0 Å². The van der Waals surface area contributed by atoms with Gasteiger partial charge >= 0.3 is 0 Å². The molecule has 1 saturated heterocycles. The third kappa shape index (κ3) is 3.73. The topological polar surface area (TPSA) is 89.7 Å². The van der Waals surface area contributed by atoms with Crippen molar-refractivity contribution in [2.24, 2.45) is 5.92 Å². The number of anilines is 2. The van der Waals surface area contributed by atoms with E-state index in [1.165, 1.54) is 0 Å². The summed E-state index contributed by atoms with van der Waals surface area (Å²) in [5.74, 6) is 1.68. The van der Waals surface area contributed by atoms with Crippen LogP contribution < -0.4 is 15.0 Å². The molecule has 1 N–H and O–H groups in total. The molecule has 2 aromatic heterocycles. The van der Waals surface area contributed by atoms with Crippen LogP contribution in [0.1, 0.15) is 12.2 Å². The van der Waals surface area contributed by atoms with Crippen molar-refractivity contribution in [3.63, 3.8) is 0 Å². The third-order valence-electron chi connectivity index (χ3n) is 4.96. The fourth-order valence-corrected chi connectivity index (χ4v) is 3.77. The summed E-state index contributed by atoms with van der Waals surface area (Å²) in [4.78, 5) is 23.2. The molecule has 1 amide bonds. The fraction of sp³-hybridized carbons (Fsp3) is 0.350. The second-order valence-electron chi connectivity index (χ2n) is 6.72. The number of methoxy groups -OCH3 is 2. The zero-order chi connectivity index (χ0) is 20.4. The Morgan fingerprint density at radius 3 is 2.90 bits per heavy atom. The molecule has 1 aliphatic rings. The quantitative estimate of drug-likeness (QED) is 0.589. The van der Waals surface area contributed by atoms with Crippen LogP contribution in [0.3, 0.4) is 0 Å². The number of carbonyl (C=O) groups is 1. The molecule has 1 aromatic carbocycles. The van der Waals surface area contributed by atoms with Crippen LogP contribution in [-0.2, 0) is 16.1 Å². The third-order valence-corrected chi connectivity index (χ3v) is 5.13. The van der Waals surface area contributed by atoms with Crippen molar-refractivity contribution in [1.82, 2.24) is 9.97 Å². The first-order chi connectivity index (χ1) is 14.1. The molecule has 0 spiro atoms. The number of hydrogen-bond donors (Lipinski definition) is 1. The van der Waals surface area contributed by atoms with E-state index in [0.29, 0.717) is 42.5 Å². The minimum absolute atomic E-state index is 0.0146. The molecule has 0 aliphatic carbocycles. The van der Waals surface area contributed by atoms with Gasteiger partial charge in [0, 0.05) is 19.0 Å². The number of carbonyl (C=O) groups excluding carboxylic acids is 1. The molecule has 152 valence electrons. The van der Waals surface area contributed by atoms with Gasteiger partial charge in [-0.15, -0.1) is 0 Å². The van der Waals surface area contributed by atoms with Crippen molar-refractivity contribution in [3.05, 3.63) is 41.6 Å². The second kappa shape index (κ2) is 8.26. The van der Waals surface area contributed by atoms with Crippen molar-refractivity contribution in [2.75, 3.05) is 37.6 Å². The normalized spacial score (nSPS) is 16.6. The van der Waals surface area contributed by atoms with Gasteiger partial charge in [0.25, 0.3) is 0 Å². The van der Waals surface area contributed by atoms with E-state index >= 15 is 0 Å². The number of furan rings is 1. The highest BCUT2D eigenvalue weighted by Gasteiger charge is 2.34. The van der Waals surface area contributed by atoms with Crippen LogP contribution in [0.5, 0.6) is 5.75 Å². The van der Waals surface area contributed by atoms with E-state index in [0.717, 1.165) is 17.6 Å². The van der Waals surface area contributed by atoms with Crippen LogP contribution >= 0.6 is 11.6 Å². The van der Waals surface area contributed by atoms with Gasteiger partial charge in [-0.25, -0.2) is 9.97 Å². The molecular formula is C20H21ClN4O4. The molecule has 0 saturated carbocycles. The average Bonchev–Trinajstić information content (AvgIpc) is 3.36. The summed E-state index contributed by atoms with van der Waals surface area (Å²) >= 11 is 6.18. The number of amides is 1. The Hall–Kier alpha value is -2.84. The molecule has 3 aromatic rings. The SMILES string of the molecule is COCC1CCN(c2ccc3c(NCc4ccco4)nc(Cl)nc3c2OC)C1=O. The summed E-state index contributed by atoms with van der Waals surface area (Å²) in [6.45, 7) is 1.44. The van der Waals surface area contributed by atoms with Crippen molar-refractivity contribution in [2.45, 2.75) is 13.0 Å². The number of fused-ring (bicyclic) bond motifs is 1. The Morgan fingerprint density at radius 2 is 2.17 bits per heavy atom. The highest BCUT2D eigenvalue weighted by Crippen LogP contribution is 2.40. The van der Waals surface area contributed by atoms with E-state index in [4.69, 9.17) is 25.5 Å². The number of hydrogen-bond acceptors (Lipinski definition) is 7. The Balaban J connectivity index is 1.72. The van der Waals surface area contributed by atoms with Crippen molar-refractivity contribution in [3.8, 4) is 5.75 Å². The lowest BCUT2D eigenvalue weighted by molar-refractivity contribution is -0.121. The van der Waals surface area contributed by atoms with E-state index in [-0.39, 0.29) is 17.1 Å². The van der Waals surface area contributed by atoms with Crippen molar-refractivity contribution in [1.29, 1.82) is 0 Å². The maximum absolute atomic E-state index is 12.8. The molecule has 1 aliphatic heterocycles. The van der Waals surface area contributed by atoms with Gasteiger partial charge in [-0.05, 0) is 42.3 Å². The van der Waals surface area contributed by atoms with Crippen LogP contribution in [0, 0.1) is 5.92 Å². The maximum Gasteiger partial charge on any atom is 0.232 e. The molecule has 0 bridgehead atoms. The summed E-state index contributed by atoms with van der Waals surface area (Å²) in [5.41, 5.74) is 1.20. The van der Waals surface area contributed by atoms with Crippen LogP contribution in [0.25, 0.3) is 10.9 Å². The largest absolute Gasteiger partial charge is 0.492 e. The molecular weight excluding hydrogens is 396 g/mol. The first-order valence-corrected chi connectivity index (χ1v) is 9.61. The van der Waals surface area contributed by atoms with Gasteiger partial charge in [-0.3, -0.25) is 4.79 Å². The minimum atomic E-state index is -0.153. The predicted octanol–water partition coefficient (Wildman–Crippen LogP) is 3.50. The fourth-order valence-electron chi connectivity index (χ4n) is 3.60. The first-order valence-electron chi connectivity index (χ1n) is 9.23. The van der Waals surface area contributed by atoms with Crippen molar-refractivity contribution < 1.29 is 18.7 Å². The van der Waals surface area contributed by atoms with Gasteiger partial charge < -0.3 is 24.1 Å². The number of benzene rings is 1. The smallest absolute Gasteiger partial charge is 0.232 e. The Morgan fingerprint density at radius 1 is 1.31 bits per heavy atom. The number of aromatic nitrogens is 2. The minimum Gasteiger partial charge on any atom is -0.492 e. The molecule has 1 unspecified atom stereocenters. The lowest BCUT2D eigenvalue weighted by Crippen LogP contribution is -2.28. The average molecular weight is 417 g/mol. The highest BCUT2D eigenvalue weighted by molar-refractivity contribution is 6.29. The molecule has 29 heavy (non-hydrogen) atoms. The zero-order valence-corrected chi connectivity index (χ0v) is 16.9. The second-order valence-corrected chi connectivity index (χ2v) is 7.06. The van der Waals surface area contributed by atoms with Gasteiger partial charge in [-0.1, -0.05) is 0 Å². The standard InChI is InChI=1S/C20H21ClN4O4/c1-27-11-12-7-8-25(19(12)26)15-6-5-14-16(17(15)28-2)23-20(21)24-18(14)22-10-13-4-3-9-29-13/h3-6,9,12H,7-8,10-11H2,1-2H3,(H,22,23,24). The van der Waals surface area contributed by atoms with E-state index in [2.05, 4.69) is 15.3 Å². The van der Waals surface area contributed by atoms with Gasteiger partial charge in [0.05, 0.1) is 38.1 Å². The Bertz CT molecular complexity index is 1020. The van der Waals surface area contributed by atoms with Gasteiger partial charge in [0.1, 0.15) is 17.1 Å².